The van der Waals surface area contributed by atoms with E-state index in [0.29, 0.717) is 40.3 Å². The molecule has 0 radical (unpaired) electrons. The third kappa shape index (κ3) is 3.21. The highest BCUT2D eigenvalue weighted by Crippen LogP contribution is 2.88. The summed E-state index contributed by atoms with van der Waals surface area (Å²) in [7, 11) is 0. The number of fused-ring (bicyclic) bond motifs is 8. The molecule has 0 aliphatic heterocycles. The Kier molecular flexibility index (Phi) is 5.16. The van der Waals surface area contributed by atoms with E-state index >= 15 is 0 Å². The predicted molar refractivity (Wildman–Crippen MR) is 185 cm³/mol. The topological polar surface area (TPSA) is 75.3 Å². The first-order valence-electron chi connectivity index (χ1n) is 17.2. The van der Waals surface area contributed by atoms with Crippen LogP contribution in [0.1, 0.15) is 42.4 Å². The zero-order valence-electron chi connectivity index (χ0n) is 26.3. The molecule has 5 aliphatic carbocycles. The molecular weight excluding hydrogens is 587 g/mol. The van der Waals surface area contributed by atoms with Crippen LogP contribution >= 0.6 is 0 Å². The molecule has 0 amide bonds. The molecule has 5 aliphatic rings. The normalized spacial score (nSPS) is 27.8. The Labute approximate surface area is 279 Å². The number of hydrogen-bond donors (Lipinski definition) is 0. The van der Waals surface area contributed by atoms with Crippen LogP contribution in [0.3, 0.4) is 0 Å². The first-order chi connectivity index (χ1) is 23.7. The van der Waals surface area contributed by atoms with Gasteiger partial charge in [0.15, 0.2) is 17.5 Å². The third-order valence-corrected chi connectivity index (χ3v) is 13.0. The molecule has 5 nitrogen and oxygen atoms in total. The minimum atomic E-state index is -0.0872. The first-order valence-corrected chi connectivity index (χ1v) is 17.2. The van der Waals surface area contributed by atoms with Gasteiger partial charge in [-0.25, -0.2) is 15.0 Å². The summed E-state index contributed by atoms with van der Waals surface area (Å²) in [5.41, 5.74) is 11.2. The maximum atomic E-state index is 10.3. The Morgan fingerprint density at radius 1 is 0.583 bits per heavy atom. The summed E-state index contributed by atoms with van der Waals surface area (Å²) < 4.78 is 0. The summed E-state index contributed by atoms with van der Waals surface area (Å²) in [5, 5.41) is 10.3. The Morgan fingerprint density at radius 2 is 1.23 bits per heavy atom. The lowest BCUT2D eigenvalue weighted by atomic mass is 9.34. The fraction of sp³-hybridized carbons (Fsp3) is 0.233. The quantitative estimate of drug-likeness (QED) is 0.197. The van der Waals surface area contributed by atoms with Crippen LogP contribution in [0.15, 0.2) is 116 Å². The van der Waals surface area contributed by atoms with Crippen LogP contribution in [0.2, 0.25) is 0 Å². The van der Waals surface area contributed by atoms with Crippen molar-refractivity contribution in [2.75, 3.05) is 0 Å². The van der Waals surface area contributed by atoms with Gasteiger partial charge < -0.3 is 0 Å². The molecule has 2 aromatic heterocycles. The van der Waals surface area contributed by atoms with E-state index in [0.717, 1.165) is 45.2 Å². The largest absolute Gasteiger partial charge is 0.263 e. The lowest BCUT2D eigenvalue weighted by Gasteiger charge is -2.70. The number of aromatic nitrogens is 4. The highest BCUT2D eigenvalue weighted by atomic mass is 15.0. The lowest BCUT2D eigenvalue weighted by molar-refractivity contribution is -0.193. The smallest absolute Gasteiger partial charge is 0.164 e. The third-order valence-electron chi connectivity index (χ3n) is 13.0. The molecule has 4 saturated carbocycles. The van der Waals surface area contributed by atoms with Crippen molar-refractivity contribution in [2.45, 2.75) is 31.1 Å². The zero-order chi connectivity index (χ0) is 31.6. The standard InChI is InChI=1S/C43H31N5/c44-22-30-23-45-24-36-38(30)34-15-14-29(17-35(34)43(36)33-19-31-18-32-20-37(43)42(31,32)21-33)41-47-39(26-10-5-2-6-11-26)46-40(48-41)28-13-7-12-27(16-28)25-8-3-1-4-9-25/h1-17,23-24,31-33,37H,18-21H2. The second-order valence-electron chi connectivity index (χ2n) is 14.6. The van der Waals surface area contributed by atoms with Crippen molar-refractivity contribution in [1.82, 2.24) is 19.9 Å². The summed E-state index contributed by atoms with van der Waals surface area (Å²) >= 11 is 0. The number of nitriles is 1. The van der Waals surface area contributed by atoms with E-state index in [-0.39, 0.29) is 5.41 Å². The molecular formula is C43H31N5. The van der Waals surface area contributed by atoms with Gasteiger partial charge in [0.2, 0.25) is 0 Å². The minimum Gasteiger partial charge on any atom is -0.263 e. The van der Waals surface area contributed by atoms with Crippen LogP contribution in [-0.2, 0) is 5.41 Å². The van der Waals surface area contributed by atoms with E-state index in [1.807, 2.05) is 24.3 Å². The zero-order valence-corrected chi connectivity index (χ0v) is 26.3. The van der Waals surface area contributed by atoms with Gasteiger partial charge in [-0.3, -0.25) is 4.98 Å². The van der Waals surface area contributed by atoms with Crippen molar-refractivity contribution in [2.24, 2.45) is 29.1 Å². The molecule has 0 saturated heterocycles. The van der Waals surface area contributed by atoms with Gasteiger partial charge in [0.05, 0.1) is 5.56 Å². The molecule has 0 N–H and O–H groups in total. The second kappa shape index (κ2) is 9.33. The molecule has 2 heterocycles. The maximum absolute atomic E-state index is 10.3. The monoisotopic (exact) mass is 617 g/mol. The fourth-order valence-electron chi connectivity index (χ4n) is 11.2. The molecule has 2 spiro atoms. The van der Waals surface area contributed by atoms with E-state index in [9.17, 15) is 5.26 Å². The van der Waals surface area contributed by atoms with Gasteiger partial charge in [-0.1, -0.05) is 91.0 Å². The highest BCUT2D eigenvalue weighted by Gasteiger charge is 2.82. The number of pyridine rings is 1. The molecule has 5 heteroatoms. The summed E-state index contributed by atoms with van der Waals surface area (Å²) in [6.07, 6.45) is 9.17. The number of rotatable bonds is 4. The van der Waals surface area contributed by atoms with E-state index in [1.165, 1.54) is 42.4 Å². The molecule has 2 bridgehead atoms. The van der Waals surface area contributed by atoms with E-state index in [1.54, 1.807) is 6.20 Å². The van der Waals surface area contributed by atoms with Gasteiger partial charge in [0.1, 0.15) is 6.07 Å². The predicted octanol–water partition coefficient (Wildman–Crippen LogP) is 9.14. The average Bonchev–Trinajstić information content (AvgIpc) is 3.76. The number of hydrogen-bond acceptors (Lipinski definition) is 5. The summed E-state index contributed by atoms with van der Waals surface area (Å²) in [6, 6.07) is 38.4. The lowest BCUT2D eigenvalue weighted by Crippen LogP contribution is -2.65. The van der Waals surface area contributed by atoms with Crippen LogP contribution < -0.4 is 0 Å². The Bertz CT molecular complexity index is 2360. The Balaban J connectivity index is 1.11. The van der Waals surface area contributed by atoms with E-state index in [4.69, 9.17) is 15.0 Å². The minimum absolute atomic E-state index is 0.0872. The van der Waals surface area contributed by atoms with Crippen molar-refractivity contribution in [1.29, 1.82) is 5.26 Å². The average molecular weight is 618 g/mol. The molecule has 4 aromatic carbocycles. The van der Waals surface area contributed by atoms with Crippen LogP contribution in [0.4, 0.5) is 0 Å². The van der Waals surface area contributed by atoms with Gasteiger partial charge in [0.25, 0.3) is 0 Å². The van der Waals surface area contributed by atoms with Crippen LogP contribution in [0.5, 0.6) is 0 Å². The maximum Gasteiger partial charge on any atom is 0.164 e. The van der Waals surface area contributed by atoms with Crippen molar-refractivity contribution in [3.05, 3.63) is 132 Å². The van der Waals surface area contributed by atoms with E-state index < -0.39 is 0 Å². The van der Waals surface area contributed by atoms with Crippen LogP contribution in [-0.4, -0.2) is 19.9 Å². The van der Waals surface area contributed by atoms with Crippen molar-refractivity contribution < 1.29 is 0 Å². The summed E-state index contributed by atoms with van der Waals surface area (Å²) in [6.45, 7) is 0. The van der Waals surface area contributed by atoms with Gasteiger partial charge in [0, 0.05) is 40.1 Å². The molecule has 6 atom stereocenters. The Hall–Kier alpha value is -5.47. The molecule has 6 unspecified atom stereocenters. The molecule has 11 rings (SSSR count). The summed E-state index contributed by atoms with van der Waals surface area (Å²) in [5.74, 6) is 4.95. The van der Waals surface area contributed by atoms with Gasteiger partial charge in [-0.05, 0) is 94.7 Å². The van der Waals surface area contributed by atoms with Gasteiger partial charge >= 0.3 is 0 Å². The van der Waals surface area contributed by atoms with E-state index in [2.05, 4.69) is 96.1 Å². The number of benzene rings is 4. The highest BCUT2D eigenvalue weighted by molar-refractivity contribution is 5.88. The van der Waals surface area contributed by atoms with Crippen molar-refractivity contribution >= 4 is 0 Å². The first kappa shape index (κ1) is 26.6. The SMILES string of the molecule is N#Cc1cncc2c1-c1ccc(-c3nc(-c4ccccc4)nc(-c4cccc(-c5ccccc5)c4)n3)cc1C21C2CC3CC4CC1C34C2. The molecule has 228 valence electrons. The molecule has 48 heavy (non-hydrogen) atoms. The number of nitrogens with zero attached hydrogens (tertiary/aromatic N) is 5. The summed E-state index contributed by atoms with van der Waals surface area (Å²) in [4.78, 5) is 20.0. The Morgan fingerprint density at radius 3 is 1.96 bits per heavy atom. The molecule has 6 aromatic rings. The fourth-order valence-corrected chi connectivity index (χ4v) is 11.2. The van der Waals surface area contributed by atoms with Crippen molar-refractivity contribution in [3.63, 3.8) is 0 Å². The van der Waals surface area contributed by atoms with Crippen LogP contribution in [0, 0.1) is 40.4 Å². The molecule has 4 fully saturated rings. The van der Waals surface area contributed by atoms with Gasteiger partial charge in [-0.2, -0.15) is 5.26 Å². The van der Waals surface area contributed by atoms with Crippen LogP contribution in [0.25, 0.3) is 56.4 Å². The van der Waals surface area contributed by atoms with Gasteiger partial charge in [-0.15, -0.1) is 0 Å². The second-order valence-corrected chi connectivity index (χ2v) is 14.6. The van der Waals surface area contributed by atoms with Crippen molar-refractivity contribution in [3.8, 4) is 62.5 Å².